The van der Waals surface area contributed by atoms with E-state index >= 15 is 0 Å². The molecule has 1 aliphatic rings. The van der Waals surface area contributed by atoms with Gasteiger partial charge in [-0.25, -0.2) is 0 Å². The van der Waals surface area contributed by atoms with E-state index in [0.717, 1.165) is 11.3 Å². The van der Waals surface area contributed by atoms with Gasteiger partial charge in [-0.1, -0.05) is 6.92 Å². The zero-order valence-electron chi connectivity index (χ0n) is 16.0. The molecular weight excluding hydrogens is 344 g/mol. The van der Waals surface area contributed by atoms with E-state index in [0.29, 0.717) is 40.5 Å². The number of rotatable bonds is 6. The third-order valence-electron chi connectivity index (χ3n) is 4.50. The van der Waals surface area contributed by atoms with E-state index < -0.39 is 0 Å². The smallest absolute Gasteiger partial charge is 0.231 e. The fourth-order valence-corrected chi connectivity index (χ4v) is 3.00. The second-order valence-corrected chi connectivity index (χ2v) is 6.47. The number of nitrogen functional groups attached to an aromatic ring is 1. The average Bonchev–Trinajstić information content (AvgIpc) is 3.12. The molecule has 6 heteroatoms. The van der Waals surface area contributed by atoms with Crippen LogP contribution in [0.25, 0.3) is 6.08 Å². The van der Waals surface area contributed by atoms with Crippen LogP contribution in [-0.2, 0) is 0 Å². The normalized spacial score (nSPS) is 12.8. The van der Waals surface area contributed by atoms with E-state index in [9.17, 15) is 4.79 Å². The highest BCUT2D eigenvalue weighted by atomic mass is 16.7. The molecule has 2 aromatic rings. The topological polar surface area (TPSA) is 74.0 Å². The Bertz CT molecular complexity index is 903. The molecule has 2 N–H and O–H groups in total. The van der Waals surface area contributed by atoms with Gasteiger partial charge in [0.1, 0.15) is 5.75 Å². The van der Waals surface area contributed by atoms with Crippen molar-refractivity contribution in [3.63, 3.8) is 0 Å². The molecule has 0 spiro atoms. The highest BCUT2D eigenvalue weighted by Crippen LogP contribution is 2.39. The monoisotopic (exact) mass is 368 g/mol. The molecule has 0 fully saturated rings. The van der Waals surface area contributed by atoms with Crippen LogP contribution >= 0.6 is 0 Å². The molecule has 0 amide bonds. The summed E-state index contributed by atoms with van der Waals surface area (Å²) >= 11 is 0. The molecule has 6 nitrogen and oxygen atoms in total. The maximum Gasteiger partial charge on any atom is 0.231 e. The lowest BCUT2D eigenvalue weighted by atomic mass is 9.97. The second kappa shape index (κ2) is 7.61. The minimum absolute atomic E-state index is 0.0414. The minimum Gasteiger partial charge on any atom is -0.496 e. The quantitative estimate of drug-likeness (QED) is 0.476. The van der Waals surface area contributed by atoms with Crippen molar-refractivity contribution < 1.29 is 19.0 Å². The Balaban J connectivity index is 2.00. The summed E-state index contributed by atoms with van der Waals surface area (Å²) in [5.41, 5.74) is 9.49. The van der Waals surface area contributed by atoms with Crippen molar-refractivity contribution in [2.45, 2.75) is 13.3 Å². The number of nitrogens with zero attached hydrogens (tertiary/aromatic N) is 1. The number of carbonyl (C=O) groups is 1. The third-order valence-corrected chi connectivity index (χ3v) is 4.50. The number of hydrogen-bond acceptors (Lipinski definition) is 6. The van der Waals surface area contributed by atoms with Crippen molar-refractivity contribution in [3.8, 4) is 17.2 Å². The van der Waals surface area contributed by atoms with Gasteiger partial charge in [-0.3, -0.25) is 4.79 Å². The Morgan fingerprint density at radius 3 is 2.56 bits per heavy atom. The van der Waals surface area contributed by atoms with Crippen LogP contribution in [0.3, 0.4) is 0 Å². The van der Waals surface area contributed by atoms with Crippen LogP contribution in [0.1, 0.15) is 29.3 Å². The van der Waals surface area contributed by atoms with Crippen LogP contribution in [-0.4, -0.2) is 33.8 Å². The van der Waals surface area contributed by atoms with Crippen LogP contribution in [0.5, 0.6) is 17.2 Å². The zero-order valence-corrected chi connectivity index (χ0v) is 16.0. The molecule has 0 saturated carbocycles. The molecule has 3 rings (SSSR count). The number of ether oxygens (including phenoxy) is 3. The summed E-state index contributed by atoms with van der Waals surface area (Å²) in [5, 5.41) is 0. The van der Waals surface area contributed by atoms with Crippen molar-refractivity contribution in [2.24, 2.45) is 0 Å². The van der Waals surface area contributed by atoms with Gasteiger partial charge in [0.15, 0.2) is 17.3 Å². The first kappa shape index (κ1) is 18.6. The predicted molar refractivity (Wildman–Crippen MR) is 107 cm³/mol. The van der Waals surface area contributed by atoms with E-state index in [4.69, 9.17) is 19.9 Å². The van der Waals surface area contributed by atoms with E-state index in [1.807, 2.05) is 44.1 Å². The minimum atomic E-state index is -0.0414. The van der Waals surface area contributed by atoms with Gasteiger partial charge < -0.3 is 24.8 Å². The lowest BCUT2D eigenvalue weighted by molar-refractivity contribution is 0.103. The lowest BCUT2D eigenvalue weighted by Gasteiger charge is -2.16. The number of carbonyl (C=O) groups excluding carboxylic acids is 1. The Hall–Kier alpha value is -3.15. The van der Waals surface area contributed by atoms with Crippen molar-refractivity contribution in [3.05, 3.63) is 47.0 Å². The molecule has 0 atom stereocenters. The number of anilines is 2. The molecule has 0 unspecified atom stereocenters. The molecule has 2 aromatic carbocycles. The Labute approximate surface area is 159 Å². The fraction of sp³-hybridized carbons (Fsp3) is 0.286. The molecule has 0 radical (unpaired) electrons. The molecule has 1 heterocycles. The van der Waals surface area contributed by atoms with Crippen LogP contribution in [0, 0.1) is 0 Å². The van der Waals surface area contributed by atoms with Gasteiger partial charge in [0.25, 0.3) is 0 Å². The van der Waals surface area contributed by atoms with Crippen molar-refractivity contribution in [2.75, 3.05) is 38.6 Å². The SMILES string of the molecule is CC/C(=C\c1cc2c(cc1OC)OCO2)C(=O)c1ccc(N)c(N(C)C)c1. The van der Waals surface area contributed by atoms with E-state index in [2.05, 4.69) is 0 Å². The fourth-order valence-electron chi connectivity index (χ4n) is 3.00. The van der Waals surface area contributed by atoms with Gasteiger partial charge in [0.2, 0.25) is 6.79 Å². The van der Waals surface area contributed by atoms with E-state index in [1.165, 1.54) is 0 Å². The van der Waals surface area contributed by atoms with Gasteiger partial charge in [0.05, 0.1) is 18.5 Å². The van der Waals surface area contributed by atoms with Crippen molar-refractivity contribution in [1.29, 1.82) is 0 Å². The standard InChI is InChI=1S/C21H24N2O4/c1-5-13(21(24)14-6-7-16(22)17(9-14)23(2)3)8-15-10-19-20(27-12-26-19)11-18(15)25-4/h6-11H,5,12,22H2,1-4H3/b13-8+. The van der Waals surface area contributed by atoms with Crippen LogP contribution in [0.15, 0.2) is 35.9 Å². The number of fused-ring (bicyclic) bond motifs is 1. The first-order valence-corrected chi connectivity index (χ1v) is 8.74. The van der Waals surface area contributed by atoms with Crippen molar-refractivity contribution >= 4 is 23.2 Å². The molecule has 1 aliphatic heterocycles. The number of methoxy groups -OCH3 is 1. The molecule has 0 saturated heterocycles. The summed E-state index contributed by atoms with van der Waals surface area (Å²) in [6.45, 7) is 2.14. The average molecular weight is 368 g/mol. The number of allylic oxidation sites excluding steroid dienone is 1. The predicted octanol–water partition coefficient (Wildman–Crippen LogP) is 3.75. The van der Waals surface area contributed by atoms with Crippen LogP contribution < -0.4 is 24.8 Å². The second-order valence-electron chi connectivity index (χ2n) is 6.47. The largest absolute Gasteiger partial charge is 0.496 e. The van der Waals surface area contributed by atoms with E-state index in [1.54, 1.807) is 25.3 Å². The van der Waals surface area contributed by atoms with E-state index in [-0.39, 0.29) is 12.6 Å². The highest BCUT2D eigenvalue weighted by molar-refractivity contribution is 6.12. The first-order valence-electron chi connectivity index (χ1n) is 8.74. The Morgan fingerprint density at radius 1 is 1.22 bits per heavy atom. The molecule has 142 valence electrons. The van der Waals surface area contributed by atoms with Gasteiger partial charge in [0, 0.05) is 36.9 Å². The summed E-state index contributed by atoms with van der Waals surface area (Å²) in [6.07, 6.45) is 2.42. The molecular formula is C21H24N2O4. The third kappa shape index (κ3) is 3.69. The first-order chi connectivity index (χ1) is 12.9. The van der Waals surface area contributed by atoms with Crippen molar-refractivity contribution in [1.82, 2.24) is 0 Å². The molecule has 0 aliphatic carbocycles. The molecule has 0 bridgehead atoms. The maximum atomic E-state index is 13.1. The summed E-state index contributed by atoms with van der Waals surface area (Å²) in [5.74, 6) is 1.87. The molecule has 0 aromatic heterocycles. The number of benzene rings is 2. The van der Waals surface area contributed by atoms with Crippen LogP contribution in [0.2, 0.25) is 0 Å². The summed E-state index contributed by atoms with van der Waals surface area (Å²) in [4.78, 5) is 15.0. The number of ketones is 1. The summed E-state index contributed by atoms with van der Waals surface area (Å²) in [6, 6.07) is 8.94. The van der Waals surface area contributed by atoms with Crippen LogP contribution in [0.4, 0.5) is 11.4 Å². The van der Waals surface area contributed by atoms with Gasteiger partial charge in [-0.2, -0.15) is 0 Å². The zero-order chi connectivity index (χ0) is 19.6. The summed E-state index contributed by atoms with van der Waals surface area (Å²) in [7, 11) is 5.38. The maximum absolute atomic E-state index is 13.1. The van der Waals surface area contributed by atoms with Gasteiger partial charge in [-0.15, -0.1) is 0 Å². The Kier molecular flexibility index (Phi) is 5.26. The number of hydrogen-bond donors (Lipinski definition) is 1. The number of nitrogens with two attached hydrogens (primary N) is 1. The lowest BCUT2D eigenvalue weighted by Crippen LogP contribution is -2.13. The Morgan fingerprint density at radius 2 is 1.93 bits per heavy atom. The molecule has 27 heavy (non-hydrogen) atoms. The highest BCUT2D eigenvalue weighted by Gasteiger charge is 2.19. The van der Waals surface area contributed by atoms with Gasteiger partial charge >= 0.3 is 0 Å². The summed E-state index contributed by atoms with van der Waals surface area (Å²) < 4.78 is 16.3. The number of Topliss-reactive ketones (excluding diaryl/α,β-unsaturated/α-hetero) is 1. The van der Waals surface area contributed by atoms with Gasteiger partial charge in [-0.05, 0) is 36.8 Å².